The number of fused-ring (bicyclic) bond motifs is 1. The first kappa shape index (κ1) is 21.8. The summed E-state index contributed by atoms with van der Waals surface area (Å²) in [6.07, 6.45) is -0.101. The fourth-order valence-corrected chi connectivity index (χ4v) is 3.99. The van der Waals surface area contributed by atoms with Crippen LogP contribution in [0.4, 0.5) is 10.1 Å². The molecule has 2 heterocycles. The quantitative estimate of drug-likeness (QED) is 0.438. The molecule has 4 rings (SSSR count). The molecule has 32 heavy (non-hydrogen) atoms. The summed E-state index contributed by atoms with van der Waals surface area (Å²) in [7, 11) is 1.52. The zero-order valence-corrected chi connectivity index (χ0v) is 17.8. The third-order valence-corrected chi connectivity index (χ3v) is 5.65. The van der Waals surface area contributed by atoms with Crippen LogP contribution >= 0.6 is 11.6 Å². The maximum atomic E-state index is 13.5. The van der Waals surface area contributed by atoms with Crippen LogP contribution in [-0.2, 0) is 16.1 Å². The van der Waals surface area contributed by atoms with Gasteiger partial charge in [0.2, 0.25) is 5.60 Å². The van der Waals surface area contributed by atoms with E-state index in [1.54, 1.807) is 24.3 Å². The molecular formula is C22H20ClFN4O4. The highest BCUT2D eigenvalue weighted by atomic mass is 35.5. The number of aromatic nitrogens is 1. The second-order valence-electron chi connectivity index (χ2n) is 7.56. The Hall–Kier alpha value is -3.43. The summed E-state index contributed by atoms with van der Waals surface area (Å²) in [5.74, 6) is -2.45. The summed E-state index contributed by atoms with van der Waals surface area (Å²) in [6.45, 7) is 0.0380. The molecule has 8 nitrogen and oxygen atoms in total. The largest absolute Gasteiger partial charge is 0.372 e. The molecule has 1 saturated heterocycles. The number of benzene rings is 2. The molecule has 3 aromatic rings. The third-order valence-electron chi connectivity index (χ3n) is 5.43. The number of nitrogens with zero attached hydrogens (tertiary/aromatic N) is 1. The van der Waals surface area contributed by atoms with Gasteiger partial charge in [-0.05, 0) is 48.0 Å². The lowest BCUT2D eigenvalue weighted by Crippen LogP contribution is -2.52. The standard InChI is InChI=1S/C22H20ClFN4O4/c1-25-19(29)18-9-13-8-16(2-3-17(13)27-18)28-5-4-22(32,21(28)31)20(30)26-11-12-6-14(23)10-15(24)7-12/h2-3,6-10,27,32H,4-5,11H2,1H3,(H,25,29)(H,26,30)/t22-/m1/s1. The van der Waals surface area contributed by atoms with E-state index in [1.807, 2.05) is 0 Å². The first-order valence-corrected chi connectivity index (χ1v) is 10.2. The van der Waals surface area contributed by atoms with Gasteiger partial charge in [-0.1, -0.05) is 11.6 Å². The normalized spacial score (nSPS) is 18.2. The highest BCUT2D eigenvalue weighted by molar-refractivity contribution is 6.30. The lowest BCUT2D eigenvalue weighted by Gasteiger charge is -2.22. The Labute approximate surface area is 187 Å². The van der Waals surface area contributed by atoms with Gasteiger partial charge in [0.15, 0.2) is 0 Å². The van der Waals surface area contributed by atoms with Crippen molar-refractivity contribution in [1.29, 1.82) is 0 Å². The molecule has 1 fully saturated rings. The molecule has 1 aromatic heterocycles. The molecule has 3 amide bonds. The zero-order chi connectivity index (χ0) is 23.0. The van der Waals surface area contributed by atoms with Crippen molar-refractivity contribution in [1.82, 2.24) is 15.6 Å². The number of amides is 3. The molecule has 0 aliphatic carbocycles. The molecule has 0 bridgehead atoms. The predicted octanol–water partition coefficient (Wildman–Crippen LogP) is 2.10. The second kappa shape index (κ2) is 8.25. The average Bonchev–Trinajstić information content (AvgIpc) is 3.32. The number of hydrogen-bond donors (Lipinski definition) is 4. The van der Waals surface area contributed by atoms with Crippen LogP contribution in [0.3, 0.4) is 0 Å². The van der Waals surface area contributed by atoms with Crippen LogP contribution in [0, 0.1) is 5.82 Å². The number of aliphatic hydroxyl groups is 1. The Balaban J connectivity index is 1.50. The van der Waals surface area contributed by atoms with Crippen molar-refractivity contribution in [3.63, 3.8) is 0 Å². The van der Waals surface area contributed by atoms with Crippen LogP contribution in [0.25, 0.3) is 10.9 Å². The van der Waals surface area contributed by atoms with Crippen LogP contribution in [-0.4, -0.2) is 47.0 Å². The number of carbonyl (C=O) groups is 3. The van der Waals surface area contributed by atoms with Gasteiger partial charge in [-0.15, -0.1) is 0 Å². The van der Waals surface area contributed by atoms with Crippen molar-refractivity contribution in [2.75, 3.05) is 18.5 Å². The van der Waals surface area contributed by atoms with E-state index in [-0.39, 0.29) is 30.4 Å². The van der Waals surface area contributed by atoms with Crippen LogP contribution < -0.4 is 15.5 Å². The summed E-state index contributed by atoms with van der Waals surface area (Å²) in [5, 5.41) is 16.7. The summed E-state index contributed by atoms with van der Waals surface area (Å²) < 4.78 is 13.5. The van der Waals surface area contributed by atoms with Gasteiger partial charge in [-0.3, -0.25) is 14.4 Å². The fourth-order valence-electron chi connectivity index (χ4n) is 3.75. The highest BCUT2D eigenvalue weighted by Crippen LogP contribution is 2.31. The number of rotatable bonds is 5. The monoisotopic (exact) mass is 458 g/mol. The van der Waals surface area contributed by atoms with Crippen LogP contribution in [0.5, 0.6) is 0 Å². The molecule has 4 N–H and O–H groups in total. The summed E-state index contributed by atoms with van der Waals surface area (Å²) in [4.78, 5) is 41.7. The smallest absolute Gasteiger partial charge is 0.268 e. The molecule has 0 radical (unpaired) electrons. The maximum Gasteiger partial charge on any atom is 0.268 e. The van der Waals surface area contributed by atoms with Crippen molar-refractivity contribution >= 4 is 45.9 Å². The van der Waals surface area contributed by atoms with Crippen LogP contribution in [0.1, 0.15) is 22.5 Å². The summed E-state index contributed by atoms with van der Waals surface area (Å²) in [6, 6.07) is 10.6. The van der Waals surface area contributed by atoms with Gasteiger partial charge in [0.05, 0.1) is 0 Å². The summed E-state index contributed by atoms with van der Waals surface area (Å²) in [5.41, 5.74) is -0.261. The van der Waals surface area contributed by atoms with Gasteiger partial charge in [0, 0.05) is 48.2 Å². The predicted molar refractivity (Wildman–Crippen MR) is 117 cm³/mol. The fraction of sp³-hybridized carbons (Fsp3) is 0.227. The Morgan fingerprint density at radius 3 is 2.75 bits per heavy atom. The average molecular weight is 459 g/mol. The first-order valence-electron chi connectivity index (χ1n) is 9.84. The molecule has 1 atom stereocenters. The summed E-state index contributed by atoms with van der Waals surface area (Å²) >= 11 is 5.81. The van der Waals surface area contributed by atoms with E-state index in [4.69, 9.17) is 11.6 Å². The minimum Gasteiger partial charge on any atom is -0.372 e. The second-order valence-corrected chi connectivity index (χ2v) is 8.00. The van der Waals surface area contributed by atoms with Gasteiger partial charge in [0.1, 0.15) is 11.5 Å². The van der Waals surface area contributed by atoms with Gasteiger partial charge >= 0.3 is 0 Å². The molecule has 2 aromatic carbocycles. The van der Waals surface area contributed by atoms with Crippen LogP contribution in [0.15, 0.2) is 42.5 Å². The number of halogens is 2. The van der Waals surface area contributed by atoms with Gasteiger partial charge < -0.3 is 25.6 Å². The third kappa shape index (κ3) is 3.92. The Bertz CT molecular complexity index is 1220. The number of aromatic amines is 1. The van der Waals surface area contributed by atoms with Crippen molar-refractivity contribution in [2.45, 2.75) is 18.6 Å². The number of nitrogens with one attached hydrogen (secondary N) is 3. The number of carbonyl (C=O) groups excluding carboxylic acids is 3. The molecular weight excluding hydrogens is 439 g/mol. The van der Waals surface area contributed by atoms with E-state index in [2.05, 4.69) is 15.6 Å². The molecule has 1 aliphatic rings. The number of anilines is 1. The maximum absolute atomic E-state index is 13.5. The molecule has 166 valence electrons. The lowest BCUT2D eigenvalue weighted by molar-refractivity contribution is -0.149. The van der Waals surface area contributed by atoms with E-state index < -0.39 is 23.2 Å². The zero-order valence-electron chi connectivity index (χ0n) is 17.0. The molecule has 0 unspecified atom stereocenters. The number of hydrogen-bond acceptors (Lipinski definition) is 4. The van der Waals surface area contributed by atoms with Gasteiger partial charge in [-0.2, -0.15) is 0 Å². The molecule has 0 spiro atoms. The van der Waals surface area contributed by atoms with Crippen molar-refractivity contribution in [3.8, 4) is 0 Å². The van der Waals surface area contributed by atoms with E-state index >= 15 is 0 Å². The molecule has 10 heteroatoms. The topological polar surface area (TPSA) is 115 Å². The highest BCUT2D eigenvalue weighted by Gasteiger charge is 2.51. The molecule has 1 aliphatic heterocycles. The van der Waals surface area contributed by atoms with E-state index in [1.165, 1.54) is 24.1 Å². The van der Waals surface area contributed by atoms with Gasteiger partial charge in [0.25, 0.3) is 17.7 Å². The number of H-pyrrole nitrogens is 1. The SMILES string of the molecule is CNC(=O)c1cc2cc(N3CC[C@@](O)(C(=O)NCc4cc(F)cc(Cl)c4)C3=O)ccc2[nH]1. The van der Waals surface area contributed by atoms with Crippen LogP contribution in [0.2, 0.25) is 5.02 Å². The van der Waals surface area contributed by atoms with E-state index in [0.717, 1.165) is 6.07 Å². The van der Waals surface area contributed by atoms with E-state index in [9.17, 15) is 23.9 Å². The molecule has 0 saturated carbocycles. The lowest BCUT2D eigenvalue weighted by atomic mass is 10.0. The van der Waals surface area contributed by atoms with Crippen molar-refractivity contribution in [2.24, 2.45) is 0 Å². The minimum absolute atomic E-state index is 0.0938. The Morgan fingerprint density at radius 2 is 2.03 bits per heavy atom. The van der Waals surface area contributed by atoms with E-state index in [0.29, 0.717) is 27.8 Å². The van der Waals surface area contributed by atoms with Crippen molar-refractivity contribution in [3.05, 3.63) is 64.6 Å². The Morgan fingerprint density at radius 1 is 1.25 bits per heavy atom. The Kier molecular flexibility index (Phi) is 5.62. The van der Waals surface area contributed by atoms with Crippen molar-refractivity contribution < 1.29 is 23.9 Å². The van der Waals surface area contributed by atoms with Gasteiger partial charge in [-0.25, -0.2) is 4.39 Å². The minimum atomic E-state index is -2.24. The first-order chi connectivity index (χ1) is 15.2.